The number of hydrogen-bond donors (Lipinski definition) is 2. The fourth-order valence-electron chi connectivity index (χ4n) is 1.59. The van der Waals surface area contributed by atoms with E-state index in [0.29, 0.717) is 0 Å². The lowest BCUT2D eigenvalue weighted by Crippen LogP contribution is -2.49. The SMILES string of the molecule is C#CCNC(=O)[C@@H](NS(=O)(=O)c1ccc(Br)cc1)C(C)C. The van der Waals surface area contributed by atoms with E-state index < -0.39 is 22.0 Å². The maximum Gasteiger partial charge on any atom is 0.241 e. The second kappa shape index (κ2) is 7.59. The molecule has 1 amide bonds. The Kier molecular flexibility index (Phi) is 6.40. The summed E-state index contributed by atoms with van der Waals surface area (Å²) in [6.07, 6.45) is 5.08. The number of sulfonamides is 1. The first-order chi connectivity index (χ1) is 9.77. The number of amides is 1. The van der Waals surface area contributed by atoms with Crippen molar-refractivity contribution in [1.82, 2.24) is 10.0 Å². The molecule has 0 aliphatic carbocycles. The fraction of sp³-hybridized carbons (Fsp3) is 0.357. The minimum atomic E-state index is -3.77. The van der Waals surface area contributed by atoms with Gasteiger partial charge in [-0.1, -0.05) is 35.7 Å². The highest BCUT2D eigenvalue weighted by atomic mass is 79.9. The van der Waals surface area contributed by atoms with Gasteiger partial charge in [0.15, 0.2) is 0 Å². The van der Waals surface area contributed by atoms with Crippen molar-refractivity contribution < 1.29 is 13.2 Å². The summed E-state index contributed by atoms with van der Waals surface area (Å²) in [5.74, 6) is 1.62. The predicted molar refractivity (Wildman–Crippen MR) is 84.9 cm³/mol. The van der Waals surface area contributed by atoms with Crippen molar-refractivity contribution in [1.29, 1.82) is 0 Å². The maximum absolute atomic E-state index is 12.3. The van der Waals surface area contributed by atoms with Gasteiger partial charge in [-0.2, -0.15) is 4.72 Å². The summed E-state index contributed by atoms with van der Waals surface area (Å²) in [6, 6.07) is 5.29. The van der Waals surface area contributed by atoms with E-state index in [4.69, 9.17) is 6.42 Å². The lowest BCUT2D eigenvalue weighted by atomic mass is 10.1. The summed E-state index contributed by atoms with van der Waals surface area (Å²) in [5.41, 5.74) is 0. The molecule has 0 bridgehead atoms. The topological polar surface area (TPSA) is 75.3 Å². The molecular formula is C14H17BrN2O3S. The van der Waals surface area contributed by atoms with Crippen LogP contribution in [0, 0.1) is 18.3 Å². The normalized spacial score (nSPS) is 12.7. The summed E-state index contributed by atoms with van der Waals surface area (Å²) in [7, 11) is -3.77. The third-order valence-corrected chi connectivity index (χ3v) is 4.71. The van der Waals surface area contributed by atoms with Gasteiger partial charge >= 0.3 is 0 Å². The van der Waals surface area contributed by atoms with E-state index in [0.717, 1.165) is 4.47 Å². The lowest BCUT2D eigenvalue weighted by Gasteiger charge is -2.21. The van der Waals surface area contributed by atoms with Crippen LogP contribution in [-0.2, 0) is 14.8 Å². The minimum absolute atomic E-state index is 0.0576. The number of rotatable bonds is 6. The molecule has 2 N–H and O–H groups in total. The van der Waals surface area contributed by atoms with Crippen molar-refractivity contribution in [3.63, 3.8) is 0 Å². The van der Waals surface area contributed by atoms with Crippen LogP contribution in [0.25, 0.3) is 0 Å². The van der Waals surface area contributed by atoms with Crippen molar-refractivity contribution in [3.05, 3.63) is 28.7 Å². The molecule has 0 aromatic heterocycles. The summed E-state index contributed by atoms with van der Waals surface area (Å²) < 4.78 is 27.8. The highest BCUT2D eigenvalue weighted by Gasteiger charge is 2.27. The molecule has 1 atom stereocenters. The van der Waals surface area contributed by atoms with E-state index >= 15 is 0 Å². The van der Waals surface area contributed by atoms with Crippen molar-refractivity contribution in [2.24, 2.45) is 5.92 Å². The average molecular weight is 373 g/mol. The van der Waals surface area contributed by atoms with Crippen molar-refractivity contribution in [2.75, 3.05) is 6.54 Å². The van der Waals surface area contributed by atoms with Crippen LogP contribution >= 0.6 is 15.9 Å². The molecule has 1 rings (SSSR count). The van der Waals surface area contributed by atoms with Crippen LogP contribution in [0.2, 0.25) is 0 Å². The number of carbonyl (C=O) groups excluding carboxylic acids is 1. The smallest absolute Gasteiger partial charge is 0.241 e. The molecule has 21 heavy (non-hydrogen) atoms. The van der Waals surface area contributed by atoms with E-state index in [1.165, 1.54) is 12.1 Å². The Hall–Kier alpha value is -1.36. The van der Waals surface area contributed by atoms with Crippen molar-refractivity contribution in [2.45, 2.75) is 24.8 Å². The van der Waals surface area contributed by atoms with Crippen LogP contribution in [0.3, 0.4) is 0 Å². The monoisotopic (exact) mass is 372 g/mol. The molecule has 0 fully saturated rings. The molecular weight excluding hydrogens is 356 g/mol. The van der Waals surface area contributed by atoms with Crippen molar-refractivity contribution >= 4 is 31.9 Å². The molecule has 0 saturated heterocycles. The molecule has 0 heterocycles. The highest BCUT2D eigenvalue weighted by Crippen LogP contribution is 2.16. The molecule has 5 nitrogen and oxygen atoms in total. The number of terminal acetylenes is 1. The number of benzene rings is 1. The standard InChI is InChI=1S/C14H17BrN2O3S/c1-4-9-16-14(18)13(10(2)3)17-21(19,20)12-7-5-11(15)6-8-12/h1,5-8,10,13,17H,9H2,2-3H3,(H,16,18)/t13-/m0/s1. The predicted octanol–water partition coefficient (Wildman–Crippen LogP) is 1.50. The highest BCUT2D eigenvalue weighted by molar-refractivity contribution is 9.10. The Balaban J connectivity index is 2.95. The first-order valence-corrected chi connectivity index (χ1v) is 8.54. The van der Waals surface area contributed by atoms with E-state index in [1.807, 2.05) is 0 Å². The van der Waals surface area contributed by atoms with Crippen LogP contribution in [0.5, 0.6) is 0 Å². The molecule has 1 aromatic carbocycles. The van der Waals surface area contributed by atoms with Gasteiger partial charge in [0.1, 0.15) is 6.04 Å². The van der Waals surface area contributed by atoms with Gasteiger partial charge in [-0.15, -0.1) is 6.42 Å². The molecule has 1 aromatic rings. The van der Waals surface area contributed by atoms with Gasteiger partial charge < -0.3 is 5.32 Å². The molecule has 0 spiro atoms. The second-order valence-corrected chi connectivity index (χ2v) is 7.35. The van der Waals surface area contributed by atoms with Crippen LogP contribution in [0.4, 0.5) is 0 Å². The Morgan fingerprint density at radius 2 is 1.90 bits per heavy atom. The lowest BCUT2D eigenvalue weighted by molar-refractivity contribution is -0.123. The first kappa shape index (κ1) is 17.7. The summed E-state index contributed by atoms with van der Waals surface area (Å²) in [5, 5.41) is 2.49. The third kappa shape index (κ3) is 5.16. The maximum atomic E-state index is 12.3. The van der Waals surface area contributed by atoms with Crippen molar-refractivity contribution in [3.8, 4) is 12.3 Å². The molecule has 0 unspecified atom stereocenters. The van der Waals surface area contributed by atoms with Gasteiger partial charge in [-0.05, 0) is 30.2 Å². The van der Waals surface area contributed by atoms with Gasteiger partial charge in [-0.25, -0.2) is 8.42 Å². The van der Waals surface area contributed by atoms with Crippen LogP contribution < -0.4 is 10.0 Å². The van der Waals surface area contributed by atoms with E-state index in [2.05, 4.69) is 31.9 Å². The number of halogens is 1. The van der Waals surface area contributed by atoms with Gasteiger partial charge in [0, 0.05) is 4.47 Å². The van der Waals surface area contributed by atoms with Gasteiger partial charge in [0.2, 0.25) is 15.9 Å². The van der Waals surface area contributed by atoms with E-state index in [1.54, 1.807) is 26.0 Å². The third-order valence-electron chi connectivity index (χ3n) is 2.72. The van der Waals surface area contributed by atoms with E-state index in [9.17, 15) is 13.2 Å². The quantitative estimate of drug-likeness (QED) is 0.743. The molecule has 0 radical (unpaired) electrons. The Bertz CT molecular complexity index is 633. The molecule has 0 aliphatic heterocycles. The Labute approximate surface area is 133 Å². The summed E-state index contributed by atoms with van der Waals surface area (Å²) >= 11 is 3.24. The summed E-state index contributed by atoms with van der Waals surface area (Å²) in [4.78, 5) is 12.1. The second-order valence-electron chi connectivity index (χ2n) is 4.72. The Morgan fingerprint density at radius 1 is 1.33 bits per heavy atom. The zero-order valence-corrected chi connectivity index (χ0v) is 14.2. The van der Waals surface area contributed by atoms with E-state index in [-0.39, 0.29) is 17.4 Å². The van der Waals surface area contributed by atoms with Gasteiger partial charge in [0.25, 0.3) is 0 Å². The molecule has 0 aliphatic rings. The number of nitrogens with one attached hydrogen (secondary N) is 2. The zero-order chi connectivity index (χ0) is 16.0. The number of carbonyl (C=O) groups is 1. The zero-order valence-electron chi connectivity index (χ0n) is 11.8. The molecule has 0 saturated carbocycles. The number of hydrogen-bond acceptors (Lipinski definition) is 3. The van der Waals surface area contributed by atoms with Gasteiger partial charge in [0.05, 0.1) is 11.4 Å². The van der Waals surface area contributed by atoms with Gasteiger partial charge in [-0.3, -0.25) is 4.79 Å². The average Bonchev–Trinajstić information content (AvgIpc) is 2.42. The summed E-state index contributed by atoms with van der Waals surface area (Å²) in [6.45, 7) is 3.57. The Morgan fingerprint density at radius 3 is 2.38 bits per heavy atom. The van der Waals surface area contributed by atoms with Crippen LogP contribution in [-0.4, -0.2) is 26.9 Å². The largest absolute Gasteiger partial charge is 0.344 e. The first-order valence-electron chi connectivity index (χ1n) is 6.27. The molecule has 114 valence electrons. The fourth-order valence-corrected chi connectivity index (χ4v) is 3.20. The van der Waals surface area contributed by atoms with Crippen LogP contribution in [0.1, 0.15) is 13.8 Å². The van der Waals surface area contributed by atoms with Crippen LogP contribution in [0.15, 0.2) is 33.6 Å². The molecule has 7 heteroatoms. The minimum Gasteiger partial charge on any atom is -0.344 e.